The first-order valence-electron chi connectivity index (χ1n) is 6.70. The average Bonchev–Trinajstić information content (AvgIpc) is 2.44. The van der Waals surface area contributed by atoms with E-state index in [1.54, 1.807) is 6.92 Å². The Hall–Kier alpha value is -1.84. The minimum absolute atomic E-state index is 0.0229. The van der Waals surface area contributed by atoms with Crippen LogP contribution in [0.1, 0.15) is 30.5 Å². The van der Waals surface area contributed by atoms with Gasteiger partial charge in [0, 0.05) is 12.1 Å². The summed E-state index contributed by atoms with van der Waals surface area (Å²) < 4.78 is 1.06. The zero-order valence-electron chi connectivity index (χ0n) is 12.2. The number of aromatic hydroxyl groups is 1. The van der Waals surface area contributed by atoms with Gasteiger partial charge in [-0.2, -0.15) is 5.26 Å². The van der Waals surface area contributed by atoms with E-state index < -0.39 is 5.56 Å². The Balaban J connectivity index is 3.47. The summed E-state index contributed by atoms with van der Waals surface area (Å²) in [5.74, 6) is -0.160. The number of pyridine rings is 1. The quantitative estimate of drug-likeness (QED) is 0.794. The Morgan fingerprint density at radius 2 is 1.95 bits per heavy atom. The van der Waals surface area contributed by atoms with E-state index >= 15 is 0 Å². The maximum absolute atomic E-state index is 12.1. The van der Waals surface area contributed by atoms with Gasteiger partial charge in [-0.25, -0.2) is 0 Å². The molecular weight excluding hydrogens is 258 g/mol. The predicted octanol–water partition coefficient (Wildman–Crippen LogP) is 0.568. The van der Waals surface area contributed by atoms with Crippen molar-refractivity contribution < 1.29 is 10.2 Å². The molecule has 0 saturated heterocycles. The van der Waals surface area contributed by atoms with Crippen molar-refractivity contribution in [3.05, 3.63) is 27.0 Å². The van der Waals surface area contributed by atoms with Crippen molar-refractivity contribution in [2.75, 3.05) is 19.7 Å². The van der Waals surface area contributed by atoms with Gasteiger partial charge in [-0.15, -0.1) is 0 Å². The van der Waals surface area contributed by atoms with Crippen molar-refractivity contribution in [1.29, 1.82) is 5.26 Å². The highest BCUT2D eigenvalue weighted by atomic mass is 16.3. The summed E-state index contributed by atoms with van der Waals surface area (Å²) in [6.07, 6.45) is 0. The van der Waals surface area contributed by atoms with Crippen LogP contribution in [-0.2, 0) is 13.1 Å². The second-order valence-corrected chi connectivity index (χ2v) is 4.56. The summed E-state index contributed by atoms with van der Waals surface area (Å²) in [6.45, 7) is 7.45. The van der Waals surface area contributed by atoms with Crippen molar-refractivity contribution in [1.82, 2.24) is 9.47 Å². The highest BCUT2D eigenvalue weighted by molar-refractivity contribution is 5.45. The van der Waals surface area contributed by atoms with Crippen LogP contribution in [0.3, 0.4) is 0 Å². The largest absolute Gasteiger partial charge is 0.494 e. The number of aromatic nitrogens is 1. The van der Waals surface area contributed by atoms with Crippen LogP contribution in [0.25, 0.3) is 0 Å². The summed E-state index contributed by atoms with van der Waals surface area (Å²) in [5.41, 5.74) is 0.549. The van der Waals surface area contributed by atoms with Crippen molar-refractivity contribution in [2.45, 2.75) is 33.9 Å². The van der Waals surface area contributed by atoms with Gasteiger partial charge in [0.1, 0.15) is 11.6 Å². The van der Waals surface area contributed by atoms with Crippen molar-refractivity contribution in [2.24, 2.45) is 0 Å². The zero-order chi connectivity index (χ0) is 15.3. The van der Waals surface area contributed by atoms with Gasteiger partial charge >= 0.3 is 0 Å². The molecule has 0 bridgehead atoms. The molecule has 6 nitrogen and oxygen atoms in total. The lowest BCUT2D eigenvalue weighted by atomic mass is 10.0. The summed E-state index contributed by atoms with van der Waals surface area (Å²) >= 11 is 0. The van der Waals surface area contributed by atoms with Crippen molar-refractivity contribution in [3.8, 4) is 11.9 Å². The van der Waals surface area contributed by atoms with Crippen LogP contribution in [-0.4, -0.2) is 39.4 Å². The average molecular weight is 279 g/mol. The van der Waals surface area contributed by atoms with Gasteiger partial charge in [0.05, 0.1) is 13.2 Å². The molecule has 0 atom stereocenters. The molecule has 0 unspecified atom stereocenters. The fourth-order valence-corrected chi connectivity index (χ4v) is 2.17. The molecule has 0 aromatic carbocycles. The maximum Gasteiger partial charge on any atom is 0.271 e. The molecule has 1 aromatic rings. The minimum Gasteiger partial charge on any atom is -0.494 e. The van der Waals surface area contributed by atoms with Crippen molar-refractivity contribution in [3.63, 3.8) is 0 Å². The molecule has 6 heteroatoms. The van der Waals surface area contributed by atoms with Crippen LogP contribution in [0, 0.1) is 18.3 Å². The smallest absolute Gasteiger partial charge is 0.271 e. The molecule has 0 fully saturated rings. The summed E-state index contributed by atoms with van der Waals surface area (Å²) in [6, 6.07) is 1.89. The summed E-state index contributed by atoms with van der Waals surface area (Å²) in [4.78, 5) is 14.1. The molecule has 110 valence electrons. The van der Waals surface area contributed by atoms with Crippen LogP contribution in [0.2, 0.25) is 0 Å². The van der Waals surface area contributed by atoms with Gasteiger partial charge in [-0.05, 0) is 25.6 Å². The maximum atomic E-state index is 12.1. The van der Waals surface area contributed by atoms with Crippen LogP contribution in [0.5, 0.6) is 5.88 Å². The molecule has 1 rings (SSSR count). The first-order chi connectivity index (χ1) is 9.51. The van der Waals surface area contributed by atoms with Crippen molar-refractivity contribution >= 4 is 0 Å². The van der Waals surface area contributed by atoms with E-state index in [0.29, 0.717) is 17.7 Å². The van der Waals surface area contributed by atoms with Crippen LogP contribution in [0.15, 0.2) is 4.79 Å². The van der Waals surface area contributed by atoms with E-state index in [4.69, 9.17) is 10.4 Å². The minimum atomic E-state index is -0.556. The Kier molecular flexibility index (Phi) is 5.74. The van der Waals surface area contributed by atoms with Gasteiger partial charge in [-0.3, -0.25) is 14.3 Å². The van der Waals surface area contributed by atoms with Gasteiger partial charge in [0.15, 0.2) is 5.88 Å². The molecule has 0 aliphatic carbocycles. The van der Waals surface area contributed by atoms with E-state index in [1.807, 2.05) is 19.9 Å². The second-order valence-electron chi connectivity index (χ2n) is 4.56. The lowest BCUT2D eigenvalue weighted by Gasteiger charge is -2.22. The fraction of sp³-hybridized carbons (Fsp3) is 0.571. The van der Waals surface area contributed by atoms with E-state index in [-0.39, 0.29) is 24.6 Å². The second kappa shape index (κ2) is 7.08. The number of nitrogens with zero attached hydrogens (tertiary/aromatic N) is 3. The van der Waals surface area contributed by atoms with Gasteiger partial charge in [0.25, 0.3) is 5.56 Å². The molecule has 1 heterocycles. The number of rotatable bonds is 6. The van der Waals surface area contributed by atoms with Gasteiger partial charge in [0.2, 0.25) is 0 Å². The summed E-state index contributed by atoms with van der Waals surface area (Å²) in [5, 5.41) is 28.4. The Labute approximate surface area is 118 Å². The molecule has 0 radical (unpaired) electrons. The number of nitriles is 1. The molecule has 20 heavy (non-hydrogen) atoms. The third-order valence-corrected chi connectivity index (χ3v) is 3.52. The highest BCUT2D eigenvalue weighted by Crippen LogP contribution is 2.23. The van der Waals surface area contributed by atoms with Crippen LogP contribution >= 0.6 is 0 Å². The Morgan fingerprint density at radius 3 is 2.40 bits per heavy atom. The molecule has 0 aliphatic rings. The zero-order valence-corrected chi connectivity index (χ0v) is 12.2. The SMILES string of the molecule is CCN(CC)Cc1c(C)c(C#N)c(=O)n(CCO)c1O. The molecule has 0 saturated carbocycles. The third kappa shape index (κ3) is 3.00. The van der Waals surface area contributed by atoms with Gasteiger partial charge in [-0.1, -0.05) is 13.8 Å². The first kappa shape index (κ1) is 16.2. The molecule has 0 amide bonds. The monoisotopic (exact) mass is 279 g/mol. The summed E-state index contributed by atoms with van der Waals surface area (Å²) in [7, 11) is 0. The molecule has 0 aliphatic heterocycles. The normalized spacial score (nSPS) is 10.8. The molecule has 2 N–H and O–H groups in total. The lowest BCUT2D eigenvalue weighted by Crippen LogP contribution is -2.29. The lowest BCUT2D eigenvalue weighted by molar-refractivity contribution is 0.257. The molecule has 1 aromatic heterocycles. The van der Waals surface area contributed by atoms with E-state index in [1.165, 1.54) is 0 Å². The van der Waals surface area contributed by atoms with Gasteiger partial charge < -0.3 is 10.2 Å². The van der Waals surface area contributed by atoms with E-state index in [9.17, 15) is 9.90 Å². The Morgan fingerprint density at radius 1 is 1.35 bits per heavy atom. The topological polar surface area (TPSA) is 89.5 Å². The number of hydrogen-bond donors (Lipinski definition) is 2. The standard InChI is InChI=1S/C14H21N3O3/c1-4-16(5-2)9-12-10(3)11(8-15)13(19)17(6-7-18)14(12)20/h18,20H,4-7,9H2,1-3H3. The fourth-order valence-electron chi connectivity index (χ4n) is 2.17. The van der Waals surface area contributed by atoms with Crippen LogP contribution < -0.4 is 5.56 Å². The number of hydrogen-bond acceptors (Lipinski definition) is 5. The van der Waals surface area contributed by atoms with E-state index in [2.05, 4.69) is 4.90 Å². The van der Waals surface area contributed by atoms with E-state index in [0.717, 1.165) is 17.7 Å². The predicted molar refractivity (Wildman–Crippen MR) is 75.5 cm³/mol. The first-order valence-corrected chi connectivity index (χ1v) is 6.70. The molecule has 0 spiro atoms. The Bertz CT molecular complexity index is 568. The molecular formula is C14H21N3O3. The highest BCUT2D eigenvalue weighted by Gasteiger charge is 2.19. The third-order valence-electron chi connectivity index (χ3n) is 3.52. The van der Waals surface area contributed by atoms with Crippen LogP contribution in [0.4, 0.5) is 0 Å². The number of aliphatic hydroxyl groups excluding tert-OH is 1. The number of aliphatic hydroxyl groups is 1.